The number of aliphatic hydroxyl groups excluding tert-OH is 1. The van der Waals surface area contributed by atoms with Crippen LogP contribution >= 0.6 is 0 Å². The Bertz CT molecular complexity index is 477. The van der Waals surface area contributed by atoms with Crippen LogP contribution in [0.15, 0.2) is 12.1 Å². The summed E-state index contributed by atoms with van der Waals surface area (Å²) in [6.07, 6.45) is 1.03. The smallest absolute Gasteiger partial charge is 0.257 e. The molecule has 1 N–H and O–H groups in total. The first kappa shape index (κ1) is 13.9. The number of piperidine rings is 1. The second-order valence-corrected chi connectivity index (χ2v) is 5.18. The fraction of sp³-hybridized carbons (Fsp3) is 0.533. The maximum absolute atomic E-state index is 12.6. The Morgan fingerprint density at radius 2 is 1.95 bits per heavy atom. The molecule has 0 aliphatic carbocycles. The van der Waals surface area contributed by atoms with Gasteiger partial charge in [-0.3, -0.25) is 4.79 Å². The summed E-state index contributed by atoms with van der Waals surface area (Å²) >= 11 is 0. The summed E-state index contributed by atoms with van der Waals surface area (Å²) in [7, 11) is 1.59. The Morgan fingerprint density at radius 1 is 1.32 bits per heavy atom. The van der Waals surface area contributed by atoms with E-state index in [9.17, 15) is 9.90 Å². The highest BCUT2D eigenvalue weighted by atomic mass is 16.5. The molecule has 0 aromatic heterocycles. The van der Waals surface area contributed by atoms with Crippen molar-refractivity contribution in [2.24, 2.45) is 0 Å². The van der Waals surface area contributed by atoms with Crippen molar-refractivity contribution in [2.45, 2.75) is 32.8 Å². The van der Waals surface area contributed by atoms with Crippen molar-refractivity contribution in [3.63, 3.8) is 0 Å². The van der Waals surface area contributed by atoms with Gasteiger partial charge in [0, 0.05) is 13.1 Å². The van der Waals surface area contributed by atoms with Crippen LogP contribution in [0.3, 0.4) is 0 Å². The largest absolute Gasteiger partial charge is 0.496 e. The summed E-state index contributed by atoms with van der Waals surface area (Å²) in [6, 6.07) is 3.88. The molecule has 0 saturated carbocycles. The van der Waals surface area contributed by atoms with E-state index in [-0.39, 0.29) is 12.0 Å². The van der Waals surface area contributed by atoms with Gasteiger partial charge in [-0.25, -0.2) is 0 Å². The second kappa shape index (κ2) is 5.61. The first-order chi connectivity index (χ1) is 9.02. The number of rotatable bonds is 2. The maximum Gasteiger partial charge on any atom is 0.257 e. The van der Waals surface area contributed by atoms with Gasteiger partial charge in [0.2, 0.25) is 0 Å². The molecule has 0 spiro atoms. The number of methoxy groups -OCH3 is 1. The number of likely N-dealkylation sites (tertiary alicyclic amines) is 1. The zero-order chi connectivity index (χ0) is 14.0. The summed E-state index contributed by atoms with van der Waals surface area (Å²) in [6.45, 7) is 5.13. The lowest BCUT2D eigenvalue weighted by Gasteiger charge is -2.30. The lowest BCUT2D eigenvalue weighted by Crippen LogP contribution is -2.40. The number of aryl methyl sites for hydroxylation is 2. The molecule has 4 heteroatoms. The standard InChI is InChI=1S/C15H21NO3/c1-10-8-11(2)14(13(9-10)19-3)15(18)16-6-4-12(17)5-7-16/h8-9,12,17H,4-7H2,1-3H3. The van der Waals surface area contributed by atoms with Crippen LogP contribution < -0.4 is 4.74 Å². The summed E-state index contributed by atoms with van der Waals surface area (Å²) in [4.78, 5) is 14.4. The molecular formula is C15H21NO3. The van der Waals surface area contributed by atoms with E-state index in [0.29, 0.717) is 37.2 Å². The molecule has 0 radical (unpaired) electrons. The number of aliphatic hydroxyl groups is 1. The van der Waals surface area contributed by atoms with Gasteiger partial charge in [-0.1, -0.05) is 6.07 Å². The van der Waals surface area contributed by atoms with Gasteiger partial charge in [0.25, 0.3) is 5.91 Å². The second-order valence-electron chi connectivity index (χ2n) is 5.18. The van der Waals surface area contributed by atoms with Crippen LogP contribution in [0.1, 0.15) is 34.3 Å². The lowest BCUT2D eigenvalue weighted by atomic mass is 10.0. The first-order valence-corrected chi connectivity index (χ1v) is 6.65. The Morgan fingerprint density at radius 3 is 2.53 bits per heavy atom. The quantitative estimate of drug-likeness (QED) is 0.886. The van der Waals surface area contributed by atoms with E-state index in [4.69, 9.17) is 4.74 Å². The average Bonchev–Trinajstić information content (AvgIpc) is 2.38. The molecule has 1 aromatic rings. The van der Waals surface area contributed by atoms with Gasteiger partial charge in [-0.2, -0.15) is 0 Å². The van der Waals surface area contributed by atoms with E-state index in [0.717, 1.165) is 11.1 Å². The molecule has 4 nitrogen and oxygen atoms in total. The van der Waals surface area contributed by atoms with Crippen molar-refractivity contribution in [1.82, 2.24) is 4.90 Å². The van der Waals surface area contributed by atoms with Crippen LogP contribution in [0.2, 0.25) is 0 Å². The molecular weight excluding hydrogens is 242 g/mol. The highest BCUT2D eigenvalue weighted by molar-refractivity contribution is 5.98. The molecule has 1 saturated heterocycles. The van der Waals surface area contributed by atoms with E-state index in [2.05, 4.69) is 0 Å². The summed E-state index contributed by atoms with van der Waals surface area (Å²) < 4.78 is 5.34. The predicted octanol–water partition coefficient (Wildman–Crippen LogP) is 1.91. The number of benzene rings is 1. The fourth-order valence-electron chi connectivity index (χ4n) is 2.59. The number of carbonyl (C=O) groups is 1. The highest BCUT2D eigenvalue weighted by Crippen LogP contribution is 2.26. The topological polar surface area (TPSA) is 49.8 Å². The molecule has 1 heterocycles. The number of hydrogen-bond donors (Lipinski definition) is 1. The zero-order valence-electron chi connectivity index (χ0n) is 11.8. The first-order valence-electron chi connectivity index (χ1n) is 6.65. The Labute approximate surface area is 114 Å². The number of carbonyl (C=O) groups excluding carboxylic acids is 1. The third-order valence-corrected chi connectivity index (χ3v) is 3.63. The molecule has 1 fully saturated rings. The molecule has 1 amide bonds. The van der Waals surface area contributed by atoms with Gasteiger partial charge in [-0.15, -0.1) is 0 Å². The van der Waals surface area contributed by atoms with Crippen molar-refractivity contribution in [2.75, 3.05) is 20.2 Å². The zero-order valence-corrected chi connectivity index (χ0v) is 11.8. The molecule has 0 unspecified atom stereocenters. The summed E-state index contributed by atoms with van der Waals surface area (Å²) in [5.74, 6) is 0.634. The molecule has 1 aliphatic rings. The fourth-order valence-corrected chi connectivity index (χ4v) is 2.59. The van der Waals surface area contributed by atoms with Crippen molar-refractivity contribution in [3.05, 3.63) is 28.8 Å². The molecule has 2 rings (SSSR count). The monoisotopic (exact) mass is 263 g/mol. The van der Waals surface area contributed by atoms with E-state index < -0.39 is 0 Å². The van der Waals surface area contributed by atoms with E-state index >= 15 is 0 Å². The third kappa shape index (κ3) is 2.89. The Hall–Kier alpha value is -1.55. The van der Waals surface area contributed by atoms with Crippen molar-refractivity contribution >= 4 is 5.91 Å². The van der Waals surface area contributed by atoms with Crippen LogP contribution in [0.4, 0.5) is 0 Å². The van der Waals surface area contributed by atoms with E-state index in [1.165, 1.54) is 0 Å². The minimum atomic E-state index is -0.273. The van der Waals surface area contributed by atoms with E-state index in [1.54, 1.807) is 12.0 Å². The minimum absolute atomic E-state index is 0.00116. The maximum atomic E-state index is 12.6. The minimum Gasteiger partial charge on any atom is -0.496 e. The van der Waals surface area contributed by atoms with Crippen LogP contribution in [0.5, 0.6) is 5.75 Å². The Balaban J connectivity index is 2.28. The number of nitrogens with zero attached hydrogens (tertiary/aromatic N) is 1. The normalized spacial score (nSPS) is 16.5. The van der Waals surface area contributed by atoms with Gasteiger partial charge < -0.3 is 14.7 Å². The summed E-state index contributed by atoms with van der Waals surface area (Å²) in [5.41, 5.74) is 2.66. The molecule has 1 aliphatic heterocycles. The third-order valence-electron chi connectivity index (χ3n) is 3.63. The molecule has 1 aromatic carbocycles. The highest BCUT2D eigenvalue weighted by Gasteiger charge is 2.25. The molecule has 0 atom stereocenters. The Kier molecular flexibility index (Phi) is 4.10. The van der Waals surface area contributed by atoms with Gasteiger partial charge >= 0.3 is 0 Å². The van der Waals surface area contributed by atoms with Crippen LogP contribution in [-0.2, 0) is 0 Å². The number of hydrogen-bond acceptors (Lipinski definition) is 3. The van der Waals surface area contributed by atoms with Crippen LogP contribution in [0.25, 0.3) is 0 Å². The van der Waals surface area contributed by atoms with Crippen molar-refractivity contribution < 1.29 is 14.6 Å². The molecule has 19 heavy (non-hydrogen) atoms. The van der Waals surface area contributed by atoms with Crippen molar-refractivity contribution in [3.8, 4) is 5.75 Å². The number of ether oxygens (including phenoxy) is 1. The average molecular weight is 263 g/mol. The molecule has 104 valence electrons. The SMILES string of the molecule is COc1cc(C)cc(C)c1C(=O)N1CCC(O)CC1. The van der Waals surface area contributed by atoms with Crippen LogP contribution in [0, 0.1) is 13.8 Å². The van der Waals surface area contributed by atoms with Gasteiger partial charge in [0.05, 0.1) is 18.8 Å². The van der Waals surface area contributed by atoms with Gasteiger partial charge in [0.15, 0.2) is 0 Å². The van der Waals surface area contributed by atoms with Crippen LogP contribution in [-0.4, -0.2) is 42.2 Å². The lowest BCUT2D eigenvalue weighted by molar-refractivity contribution is 0.0543. The van der Waals surface area contributed by atoms with Crippen molar-refractivity contribution in [1.29, 1.82) is 0 Å². The molecule has 0 bridgehead atoms. The number of amides is 1. The van der Waals surface area contributed by atoms with Gasteiger partial charge in [-0.05, 0) is 43.9 Å². The van der Waals surface area contributed by atoms with Gasteiger partial charge in [0.1, 0.15) is 5.75 Å². The van der Waals surface area contributed by atoms with E-state index in [1.807, 2.05) is 26.0 Å². The predicted molar refractivity (Wildman–Crippen MR) is 73.6 cm³/mol. The summed E-state index contributed by atoms with van der Waals surface area (Å²) in [5, 5.41) is 9.51.